The maximum absolute atomic E-state index is 12.4. The number of carbonyl (C=O) groups is 1. The normalized spacial score (nSPS) is 20.0. The first-order chi connectivity index (χ1) is 12.2. The quantitative estimate of drug-likeness (QED) is 0.576. The van der Waals surface area contributed by atoms with E-state index in [1.807, 2.05) is 0 Å². The number of ether oxygens (including phenoxy) is 1. The number of esters is 1. The third kappa shape index (κ3) is 2.29. The van der Waals surface area contributed by atoms with Gasteiger partial charge in [-0.1, -0.05) is 27.7 Å². The van der Waals surface area contributed by atoms with Crippen LogP contribution in [0.15, 0.2) is 21.3 Å². The molecule has 5 nitrogen and oxygen atoms in total. The molecule has 0 bridgehead atoms. The van der Waals surface area contributed by atoms with Gasteiger partial charge in [0.15, 0.2) is 0 Å². The van der Waals surface area contributed by atoms with Gasteiger partial charge in [0.25, 0.3) is 0 Å². The van der Waals surface area contributed by atoms with Crippen LogP contribution >= 0.6 is 0 Å². The highest BCUT2D eigenvalue weighted by molar-refractivity contribution is 5.96. The van der Waals surface area contributed by atoms with E-state index in [0.717, 1.165) is 36.9 Å². The Morgan fingerprint density at radius 1 is 1.12 bits per heavy atom. The van der Waals surface area contributed by atoms with Crippen molar-refractivity contribution in [2.45, 2.75) is 51.4 Å². The molecule has 0 radical (unpaired) electrons. The van der Waals surface area contributed by atoms with Crippen molar-refractivity contribution in [3.63, 3.8) is 0 Å². The lowest BCUT2D eigenvalue weighted by molar-refractivity contribution is 0.0596. The second kappa shape index (κ2) is 5.35. The second-order valence-electron chi connectivity index (χ2n) is 8.76. The molecule has 0 amide bonds. The molecule has 0 saturated heterocycles. The predicted octanol–water partition coefficient (Wildman–Crippen LogP) is 3.75. The highest BCUT2D eigenvalue weighted by Crippen LogP contribution is 2.51. The third-order valence-electron chi connectivity index (χ3n) is 6.14. The zero-order valence-corrected chi connectivity index (χ0v) is 16.1. The molecule has 2 aromatic rings. The lowest BCUT2D eigenvalue weighted by Crippen LogP contribution is -2.44. The van der Waals surface area contributed by atoms with Crippen molar-refractivity contribution >= 4 is 22.6 Å². The van der Waals surface area contributed by atoms with Gasteiger partial charge in [0.05, 0.1) is 7.11 Å². The molecule has 1 aromatic carbocycles. The lowest BCUT2D eigenvalue weighted by atomic mass is 9.69. The van der Waals surface area contributed by atoms with Crippen LogP contribution in [0.4, 0.5) is 5.69 Å². The molecule has 3 heterocycles. The number of hydrogen-bond donors (Lipinski definition) is 0. The van der Waals surface area contributed by atoms with Gasteiger partial charge in [-0.15, -0.1) is 0 Å². The fourth-order valence-corrected chi connectivity index (χ4v) is 4.40. The molecule has 0 fully saturated rings. The van der Waals surface area contributed by atoms with Crippen molar-refractivity contribution in [3.05, 3.63) is 39.2 Å². The molecule has 138 valence electrons. The Hall–Kier alpha value is -2.30. The topological polar surface area (TPSA) is 59.8 Å². The molecule has 4 rings (SSSR count). The minimum atomic E-state index is -0.660. The van der Waals surface area contributed by atoms with Crippen molar-refractivity contribution in [1.29, 1.82) is 0 Å². The molecule has 2 aliphatic rings. The van der Waals surface area contributed by atoms with Crippen molar-refractivity contribution in [1.82, 2.24) is 0 Å². The minimum Gasteiger partial charge on any atom is -0.465 e. The molecular weight excluding hydrogens is 330 g/mol. The Labute approximate surface area is 152 Å². The first-order valence-electron chi connectivity index (χ1n) is 9.15. The second-order valence-corrected chi connectivity index (χ2v) is 8.76. The highest BCUT2D eigenvalue weighted by Gasteiger charge is 2.42. The van der Waals surface area contributed by atoms with Crippen molar-refractivity contribution in [2.24, 2.45) is 0 Å². The summed E-state index contributed by atoms with van der Waals surface area (Å²) in [6.07, 6.45) is 2.08. The largest absolute Gasteiger partial charge is 0.465 e. The van der Waals surface area contributed by atoms with Gasteiger partial charge in [-0.3, -0.25) is 0 Å². The van der Waals surface area contributed by atoms with Crippen LogP contribution in [0.25, 0.3) is 11.0 Å². The van der Waals surface area contributed by atoms with E-state index < -0.39 is 11.6 Å². The molecule has 0 atom stereocenters. The van der Waals surface area contributed by atoms with E-state index in [4.69, 9.17) is 9.15 Å². The van der Waals surface area contributed by atoms with Crippen LogP contribution in [0.1, 0.15) is 62.0 Å². The Kier molecular flexibility index (Phi) is 3.52. The number of fused-ring (bicyclic) bond motifs is 2. The fraction of sp³-hybridized carbons (Fsp3) is 0.524. The standard InChI is InChI=1S/C21H25NO4/c1-20(2)6-8-22-9-7-21(3,4)15-16(22)14(20)11-12-10-13(18(23)25-5)19(24)26-17(12)15/h10-11H,6-9H2,1-5H3. The minimum absolute atomic E-state index is 0.0315. The van der Waals surface area contributed by atoms with Crippen LogP contribution < -0.4 is 10.5 Å². The van der Waals surface area contributed by atoms with Crippen molar-refractivity contribution in [3.8, 4) is 0 Å². The average molecular weight is 355 g/mol. The Morgan fingerprint density at radius 3 is 2.42 bits per heavy atom. The van der Waals surface area contributed by atoms with Gasteiger partial charge < -0.3 is 14.1 Å². The fourth-order valence-electron chi connectivity index (χ4n) is 4.40. The first kappa shape index (κ1) is 17.1. The van der Waals surface area contributed by atoms with E-state index in [0.29, 0.717) is 5.58 Å². The van der Waals surface area contributed by atoms with Gasteiger partial charge >= 0.3 is 11.6 Å². The van der Waals surface area contributed by atoms with Crippen LogP contribution in [0, 0.1) is 0 Å². The van der Waals surface area contributed by atoms with E-state index in [-0.39, 0.29) is 16.4 Å². The number of anilines is 1. The zero-order valence-electron chi connectivity index (χ0n) is 16.1. The molecule has 0 spiro atoms. The summed E-state index contributed by atoms with van der Waals surface area (Å²) in [5.74, 6) is -0.660. The lowest BCUT2D eigenvalue weighted by Gasteiger charge is -2.48. The van der Waals surface area contributed by atoms with Gasteiger partial charge in [0, 0.05) is 29.7 Å². The van der Waals surface area contributed by atoms with Crippen LogP contribution in [0.3, 0.4) is 0 Å². The number of benzene rings is 1. The Balaban J connectivity index is 2.14. The summed E-state index contributed by atoms with van der Waals surface area (Å²) in [6, 6.07) is 3.72. The van der Waals surface area contributed by atoms with Crippen LogP contribution in [-0.4, -0.2) is 26.2 Å². The summed E-state index contributed by atoms with van der Waals surface area (Å²) in [6.45, 7) is 10.9. The van der Waals surface area contributed by atoms with Gasteiger partial charge in [0.2, 0.25) is 0 Å². The molecule has 0 unspecified atom stereocenters. The average Bonchev–Trinajstić information content (AvgIpc) is 2.58. The molecule has 26 heavy (non-hydrogen) atoms. The van der Waals surface area contributed by atoms with E-state index in [2.05, 4.69) is 38.7 Å². The monoisotopic (exact) mass is 355 g/mol. The summed E-state index contributed by atoms with van der Waals surface area (Å²) in [5.41, 5.74) is 3.43. The number of nitrogens with zero attached hydrogens (tertiary/aromatic N) is 1. The first-order valence-corrected chi connectivity index (χ1v) is 9.15. The van der Waals surface area contributed by atoms with E-state index >= 15 is 0 Å². The van der Waals surface area contributed by atoms with E-state index in [1.165, 1.54) is 18.4 Å². The van der Waals surface area contributed by atoms with Crippen molar-refractivity contribution in [2.75, 3.05) is 25.1 Å². The smallest absolute Gasteiger partial charge is 0.351 e. The van der Waals surface area contributed by atoms with Crippen LogP contribution in [0.2, 0.25) is 0 Å². The van der Waals surface area contributed by atoms with Gasteiger partial charge in [-0.25, -0.2) is 9.59 Å². The van der Waals surface area contributed by atoms with Gasteiger partial charge in [-0.05, 0) is 41.4 Å². The maximum Gasteiger partial charge on any atom is 0.351 e. The van der Waals surface area contributed by atoms with Crippen LogP contribution in [-0.2, 0) is 15.6 Å². The predicted molar refractivity (Wildman–Crippen MR) is 101 cm³/mol. The molecule has 0 saturated carbocycles. The van der Waals surface area contributed by atoms with Gasteiger partial charge in [-0.2, -0.15) is 0 Å². The summed E-state index contributed by atoms with van der Waals surface area (Å²) in [4.78, 5) is 26.8. The molecule has 0 aliphatic carbocycles. The number of methoxy groups -OCH3 is 1. The number of carbonyl (C=O) groups excluding carboxylic acids is 1. The van der Waals surface area contributed by atoms with E-state index in [1.54, 1.807) is 6.07 Å². The van der Waals surface area contributed by atoms with Crippen LogP contribution in [0.5, 0.6) is 0 Å². The molecule has 2 aliphatic heterocycles. The summed E-state index contributed by atoms with van der Waals surface area (Å²) < 4.78 is 10.4. The summed E-state index contributed by atoms with van der Waals surface area (Å²) in [7, 11) is 1.27. The van der Waals surface area contributed by atoms with Gasteiger partial charge in [0.1, 0.15) is 11.1 Å². The maximum atomic E-state index is 12.4. The summed E-state index contributed by atoms with van der Waals surface area (Å²) >= 11 is 0. The Morgan fingerprint density at radius 2 is 1.77 bits per heavy atom. The van der Waals surface area contributed by atoms with Crippen molar-refractivity contribution < 1.29 is 13.9 Å². The third-order valence-corrected chi connectivity index (χ3v) is 6.14. The molecule has 5 heteroatoms. The summed E-state index contributed by atoms with van der Waals surface area (Å²) in [5, 5.41) is 0.795. The highest BCUT2D eigenvalue weighted by atomic mass is 16.5. The number of rotatable bonds is 1. The Bertz CT molecular complexity index is 982. The van der Waals surface area contributed by atoms with E-state index in [9.17, 15) is 9.59 Å². The zero-order chi connectivity index (χ0) is 18.9. The number of hydrogen-bond acceptors (Lipinski definition) is 5. The molecule has 0 N–H and O–H groups in total. The molecular formula is C21H25NO4. The SMILES string of the molecule is COC(=O)c1cc2cc3c4c(c2oc1=O)C(C)(C)CCN4CCC3(C)C. The molecule has 1 aromatic heterocycles.